The van der Waals surface area contributed by atoms with E-state index in [1.165, 1.54) is 24.3 Å². The van der Waals surface area contributed by atoms with Crippen LogP contribution in [-0.4, -0.2) is 17.2 Å². The van der Waals surface area contributed by atoms with E-state index in [9.17, 15) is 14.9 Å². The fraction of sp³-hybridized carbons (Fsp3) is 0.182. The molecule has 1 atom stereocenters. The van der Waals surface area contributed by atoms with Gasteiger partial charge in [-0.2, -0.15) is 0 Å². The minimum absolute atomic E-state index is 0.0706. The maximum absolute atomic E-state index is 11.1. The van der Waals surface area contributed by atoms with Crippen LogP contribution in [0.15, 0.2) is 35.9 Å². The Morgan fingerprint density at radius 2 is 2.12 bits per heavy atom. The number of esters is 1. The lowest BCUT2D eigenvalue weighted by Crippen LogP contribution is -2.16. The Bertz CT molecular complexity index is 508. The van der Waals surface area contributed by atoms with Gasteiger partial charge < -0.3 is 9.47 Å². The maximum atomic E-state index is 11.1. The van der Waals surface area contributed by atoms with Gasteiger partial charge in [0.25, 0.3) is 6.29 Å². The van der Waals surface area contributed by atoms with Gasteiger partial charge in [0, 0.05) is 17.7 Å². The third-order valence-electron chi connectivity index (χ3n) is 2.24. The molecule has 1 aliphatic heterocycles. The van der Waals surface area contributed by atoms with Gasteiger partial charge in [0.2, 0.25) is 5.75 Å². The zero-order chi connectivity index (χ0) is 12.4. The summed E-state index contributed by atoms with van der Waals surface area (Å²) >= 11 is 0. The maximum Gasteiger partial charge on any atom is 0.336 e. The molecule has 0 fully saturated rings. The fourth-order valence-electron chi connectivity index (χ4n) is 1.40. The van der Waals surface area contributed by atoms with Crippen molar-refractivity contribution in [3.63, 3.8) is 0 Å². The van der Waals surface area contributed by atoms with Crippen molar-refractivity contribution in [3.05, 3.63) is 46.0 Å². The van der Waals surface area contributed by atoms with Crippen LogP contribution in [-0.2, 0) is 9.53 Å². The summed E-state index contributed by atoms with van der Waals surface area (Å²) in [6, 6.07) is 5.92. The highest BCUT2D eigenvalue weighted by atomic mass is 16.7. The molecule has 0 saturated heterocycles. The minimum atomic E-state index is -0.899. The van der Waals surface area contributed by atoms with Crippen molar-refractivity contribution in [2.45, 2.75) is 13.2 Å². The van der Waals surface area contributed by atoms with Crippen LogP contribution in [0.4, 0.5) is 5.69 Å². The Hall–Kier alpha value is -2.37. The normalized spacial score (nSPS) is 18.5. The first kappa shape index (κ1) is 11.1. The van der Waals surface area contributed by atoms with Gasteiger partial charge in [-0.3, -0.25) is 10.1 Å². The summed E-state index contributed by atoms with van der Waals surface area (Å²) in [6.45, 7) is 1.59. The van der Waals surface area contributed by atoms with Crippen molar-refractivity contribution < 1.29 is 19.2 Å². The van der Waals surface area contributed by atoms with Crippen LogP contribution in [0.25, 0.3) is 0 Å². The Balaban J connectivity index is 2.20. The van der Waals surface area contributed by atoms with Crippen molar-refractivity contribution in [2.24, 2.45) is 0 Å². The third-order valence-corrected chi connectivity index (χ3v) is 2.24. The number of rotatable bonds is 3. The predicted molar refractivity (Wildman–Crippen MR) is 57.4 cm³/mol. The summed E-state index contributed by atoms with van der Waals surface area (Å²) in [7, 11) is 0. The Kier molecular flexibility index (Phi) is 2.78. The monoisotopic (exact) mass is 235 g/mol. The molecule has 0 aliphatic carbocycles. The molecule has 0 spiro atoms. The molecule has 17 heavy (non-hydrogen) atoms. The number of hydrogen-bond acceptors (Lipinski definition) is 5. The molecule has 6 nitrogen and oxygen atoms in total. The highest BCUT2D eigenvalue weighted by Gasteiger charge is 2.26. The second-order valence-corrected chi connectivity index (χ2v) is 3.47. The van der Waals surface area contributed by atoms with Gasteiger partial charge in [0.1, 0.15) is 0 Å². The molecule has 1 heterocycles. The molecule has 0 aromatic heterocycles. The summed E-state index contributed by atoms with van der Waals surface area (Å²) in [6.07, 6.45) is 0.572. The molecule has 1 aromatic rings. The Morgan fingerprint density at radius 1 is 1.41 bits per heavy atom. The number of nitro benzene ring substituents is 1. The standard InChI is InChI=1S/C11H9NO5/c1-7-6-10(17-11(7)13)16-9-5-3-2-4-8(9)12(14)15/h2-6,10H,1H3. The van der Waals surface area contributed by atoms with Crippen LogP contribution < -0.4 is 4.74 Å². The number of nitrogens with zero attached hydrogens (tertiary/aromatic N) is 1. The van der Waals surface area contributed by atoms with Crippen LogP contribution in [0.2, 0.25) is 0 Å². The van der Waals surface area contributed by atoms with E-state index < -0.39 is 17.2 Å². The zero-order valence-electron chi connectivity index (χ0n) is 8.95. The number of hydrogen-bond donors (Lipinski definition) is 0. The zero-order valence-corrected chi connectivity index (χ0v) is 8.95. The number of ether oxygens (including phenoxy) is 2. The average molecular weight is 235 g/mol. The van der Waals surface area contributed by atoms with Gasteiger partial charge in [-0.15, -0.1) is 0 Å². The van der Waals surface area contributed by atoms with E-state index in [-0.39, 0.29) is 11.4 Å². The van der Waals surface area contributed by atoms with Gasteiger partial charge in [-0.1, -0.05) is 12.1 Å². The molecule has 0 radical (unpaired) electrons. The molecule has 0 amide bonds. The summed E-state index contributed by atoms with van der Waals surface area (Å²) in [4.78, 5) is 21.3. The third kappa shape index (κ3) is 2.25. The second-order valence-electron chi connectivity index (χ2n) is 3.47. The molecule has 2 rings (SSSR count). The first-order chi connectivity index (χ1) is 8.08. The van der Waals surface area contributed by atoms with Gasteiger partial charge in [-0.25, -0.2) is 4.79 Å². The van der Waals surface area contributed by atoms with E-state index in [4.69, 9.17) is 9.47 Å². The Morgan fingerprint density at radius 3 is 2.71 bits per heavy atom. The number of benzene rings is 1. The topological polar surface area (TPSA) is 78.7 Å². The first-order valence-electron chi connectivity index (χ1n) is 4.87. The fourth-order valence-corrected chi connectivity index (χ4v) is 1.40. The lowest BCUT2D eigenvalue weighted by molar-refractivity contribution is -0.386. The quantitative estimate of drug-likeness (QED) is 0.453. The predicted octanol–water partition coefficient (Wildman–Crippen LogP) is 1.80. The lowest BCUT2D eigenvalue weighted by Gasteiger charge is -2.11. The first-order valence-corrected chi connectivity index (χ1v) is 4.87. The van der Waals surface area contributed by atoms with Gasteiger partial charge in [-0.05, 0) is 13.0 Å². The van der Waals surface area contributed by atoms with Gasteiger partial charge in [0.05, 0.1) is 4.92 Å². The molecular formula is C11H9NO5. The van der Waals surface area contributed by atoms with Gasteiger partial charge in [0.15, 0.2) is 0 Å². The molecule has 6 heteroatoms. The Labute approximate surface area is 96.6 Å². The number of carbonyl (C=O) groups excluding carboxylic acids is 1. The molecule has 0 bridgehead atoms. The van der Waals surface area contributed by atoms with Crippen LogP contribution in [0.1, 0.15) is 6.92 Å². The largest absolute Gasteiger partial charge is 0.444 e. The van der Waals surface area contributed by atoms with E-state index in [1.54, 1.807) is 13.0 Å². The molecule has 1 aliphatic rings. The number of para-hydroxylation sites is 2. The van der Waals surface area contributed by atoms with Gasteiger partial charge >= 0.3 is 11.7 Å². The minimum Gasteiger partial charge on any atom is -0.444 e. The average Bonchev–Trinajstić information content (AvgIpc) is 2.58. The molecule has 0 saturated carbocycles. The molecule has 88 valence electrons. The number of nitro groups is 1. The van der Waals surface area contributed by atoms with E-state index in [2.05, 4.69) is 0 Å². The van der Waals surface area contributed by atoms with E-state index in [0.717, 1.165) is 0 Å². The van der Waals surface area contributed by atoms with Crippen molar-refractivity contribution in [2.75, 3.05) is 0 Å². The van der Waals surface area contributed by atoms with Crippen LogP contribution in [0.5, 0.6) is 5.75 Å². The number of cyclic esters (lactones) is 1. The van der Waals surface area contributed by atoms with E-state index in [1.807, 2.05) is 0 Å². The molecule has 1 unspecified atom stereocenters. The van der Waals surface area contributed by atoms with E-state index in [0.29, 0.717) is 5.57 Å². The smallest absolute Gasteiger partial charge is 0.336 e. The highest BCUT2D eigenvalue weighted by Crippen LogP contribution is 2.28. The molecule has 1 aromatic carbocycles. The molecule has 0 N–H and O–H groups in total. The summed E-state index contributed by atoms with van der Waals surface area (Å²) in [5.74, 6) is -0.408. The van der Waals surface area contributed by atoms with Crippen molar-refractivity contribution >= 4 is 11.7 Å². The summed E-state index contributed by atoms with van der Waals surface area (Å²) < 4.78 is 10.1. The van der Waals surface area contributed by atoms with E-state index >= 15 is 0 Å². The van der Waals surface area contributed by atoms with Crippen LogP contribution in [0, 0.1) is 10.1 Å². The summed E-state index contributed by atoms with van der Waals surface area (Å²) in [5.41, 5.74) is 0.259. The van der Waals surface area contributed by atoms with Crippen molar-refractivity contribution in [1.82, 2.24) is 0 Å². The SMILES string of the molecule is CC1=CC(Oc2ccccc2[N+](=O)[O-])OC1=O. The highest BCUT2D eigenvalue weighted by molar-refractivity contribution is 5.90. The van der Waals surface area contributed by atoms with Crippen molar-refractivity contribution in [3.8, 4) is 5.75 Å². The lowest BCUT2D eigenvalue weighted by atomic mass is 10.3. The second kappa shape index (κ2) is 4.25. The summed E-state index contributed by atoms with van der Waals surface area (Å²) in [5, 5.41) is 10.7. The van der Waals surface area contributed by atoms with Crippen LogP contribution in [0.3, 0.4) is 0 Å². The number of carbonyl (C=O) groups is 1. The van der Waals surface area contributed by atoms with Crippen LogP contribution >= 0.6 is 0 Å². The molecular weight excluding hydrogens is 226 g/mol. The van der Waals surface area contributed by atoms with Crippen molar-refractivity contribution in [1.29, 1.82) is 0 Å².